The van der Waals surface area contributed by atoms with Gasteiger partial charge in [0, 0.05) is 5.54 Å². The van der Waals surface area contributed by atoms with Gasteiger partial charge in [0.2, 0.25) is 10.0 Å². The van der Waals surface area contributed by atoms with E-state index in [2.05, 4.69) is 6.92 Å². The van der Waals surface area contributed by atoms with Crippen LogP contribution in [0, 0.1) is 0 Å². The fourth-order valence-electron chi connectivity index (χ4n) is 2.42. The molecule has 0 heterocycles. The molecule has 1 aromatic carbocycles. The Morgan fingerprint density at radius 3 is 1.96 bits per heavy atom. The zero-order valence-corrected chi connectivity index (χ0v) is 17.2. The number of sulfonamides is 1. The van der Waals surface area contributed by atoms with Crippen molar-refractivity contribution in [2.75, 3.05) is 6.54 Å². The van der Waals surface area contributed by atoms with E-state index >= 15 is 0 Å². The summed E-state index contributed by atoms with van der Waals surface area (Å²) in [6.45, 7) is 12.3. The number of nitrogens with zero attached hydrogens (tertiary/aromatic N) is 1. The highest BCUT2D eigenvalue weighted by molar-refractivity contribution is 7.89. The lowest BCUT2D eigenvalue weighted by Gasteiger charge is -2.34. The number of carbonyl (C=O) groups is 1. The number of rotatable bonds is 6. The molecular weight excluding hydrogens is 338 g/mol. The Balaban J connectivity index is 3.14. The minimum Gasteiger partial charge on any atom is -0.459 e. The zero-order chi connectivity index (χ0) is 19.5. The predicted molar refractivity (Wildman–Crippen MR) is 99.9 cm³/mol. The van der Waals surface area contributed by atoms with Crippen LogP contribution in [0.25, 0.3) is 0 Å². The molecule has 0 amide bonds. The Labute approximate surface area is 152 Å². The molecule has 142 valence electrons. The smallest absolute Gasteiger partial charge is 0.321 e. The second-order valence-corrected chi connectivity index (χ2v) is 10.0. The quantitative estimate of drug-likeness (QED) is 0.716. The lowest BCUT2D eigenvalue weighted by molar-refractivity contribution is -0.155. The first-order valence-electron chi connectivity index (χ1n) is 8.61. The van der Waals surface area contributed by atoms with E-state index < -0.39 is 27.1 Å². The van der Waals surface area contributed by atoms with E-state index in [0.29, 0.717) is 0 Å². The monoisotopic (exact) mass is 369 g/mol. The first-order valence-corrected chi connectivity index (χ1v) is 10.0. The lowest BCUT2D eigenvalue weighted by atomic mass is 10.1. The molecule has 6 heteroatoms. The largest absolute Gasteiger partial charge is 0.459 e. The van der Waals surface area contributed by atoms with E-state index in [1.165, 1.54) is 4.31 Å². The van der Waals surface area contributed by atoms with Gasteiger partial charge in [-0.15, -0.1) is 0 Å². The minimum atomic E-state index is -3.81. The van der Waals surface area contributed by atoms with Gasteiger partial charge in [-0.25, -0.2) is 8.42 Å². The van der Waals surface area contributed by atoms with Crippen molar-refractivity contribution >= 4 is 16.0 Å². The standard InChI is InChI=1S/C19H31NO4S/c1-8-9-15-10-12-16(13-11-15)25(22,23)20(18(2,3)4)14-17(21)24-19(5,6)7/h10-13H,8-9,14H2,1-7H3. The van der Waals surface area contributed by atoms with Crippen LogP contribution in [0.5, 0.6) is 0 Å². The van der Waals surface area contributed by atoms with Gasteiger partial charge < -0.3 is 4.74 Å². The second-order valence-electron chi connectivity index (χ2n) is 8.16. The average molecular weight is 370 g/mol. The van der Waals surface area contributed by atoms with Gasteiger partial charge in [0.1, 0.15) is 12.1 Å². The van der Waals surface area contributed by atoms with Crippen molar-refractivity contribution in [1.82, 2.24) is 4.31 Å². The molecule has 0 bridgehead atoms. The highest BCUT2D eigenvalue weighted by Gasteiger charge is 2.36. The molecule has 0 N–H and O–H groups in total. The van der Waals surface area contributed by atoms with Gasteiger partial charge >= 0.3 is 5.97 Å². The van der Waals surface area contributed by atoms with Crippen molar-refractivity contribution < 1.29 is 17.9 Å². The van der Waals surface area contributed by atoms with Crippen molar-refractivity contribution in [3.05, 3.63) is 29.8 Å². The molecular formula is C19H31NO4S. The molecule has 0 spiro atoms. The molecule has 0 saturated carbocycles. The summed E-state index contributed by atoms with van der Waals surface area (Å²) in [7, 11) is -3.81. The van der Waals surface area contributed by atoms with E-state index in [-0.39, 0.29) is 11.4 Å². The van der Waals surface area contributed by atoms with E-state index in [0.717, 1.165) is 18.4 Å². The third-order valence-corrected chi connectivity index (χ3v) is 5.62. The second kappa shape index (κ2) is 7.87. The van der Waals surface area contributed by atoms with Crippen molar-refractivity contribution in [1.29, 1.82) is 0 Å². The van der Waals surface area contributed by atoms with Gasteiger partial charge in [0.15, 0.2) is 0 Å². The summed E-state index contributed by atoms with van der Waals surface area (Å²) < 4.78 is 32.6. The number of esters is 1. The van der Waals surface area contributed by atoms with Gasteiger partial charge in [0.05, 0.1) is 4.90 Å². The zero-order valence-electron chi connectivity index (χ0n) is 16.4. The molecule has 1 rings (SSSR count). The SMILES string of the molecule is CCCc1ccc(S(=O)(=O)N(CC(=O)OC(C)(C)C)C(C)(C)C)cc1. The van der Waals surface area contributed by atoms with Crippen LogP contribution >= 0.6 is 0 Å². The van der Waals surface area contributed by atoms with Crippen molar-refractivity contribution in [3.8, 4) is 0 Å². The molecule has 0 fully saturated rings. The molecule has 0 atom stereocenters. The maximum atomic E-state index is 13.1. The normalized spacial score (nSPS) is 13.1. The lowest BCUT2D eigenvalue weighted by Crippen LogP contribution is -2.49. The number of hydrogen-bond acceptors (Lipinski definition) is 4. The van der Waals surface area contributed by atoms with Crippen LogP contribution in [0.3, 0.4) is 0 Å². The Morgan fingerprint density at radius 2 is 1.56 bits per heavy atom. The number of carbonyl (C=O) groups excluding carboxylic acids is 1. The summed E-state index contributed by atoms with van der Waals surface area (Å²) in [5.74, 6) is -0.561. The number of benzene rings is 1. The molecule has 0 saturated heterocycles. The minimum absolute atomic E-state index is 0.186. The highest BCUT2D eigenvalue weighted by atomic mass is 32.2. The van der Waals surface area contributed by atoms with Crippen LogP contribution in [-0.4, -0.2) is 36.4 Å². The fourth-order valence-corrected chi connectivity index (χ4v) is 4.15. The third kappa shape index (κ3) is 6.44. The molecule has 0 aliphatic carbocycles. The molecule has 25 heavy (non-hydrogen) atoms. The van der Waals surface area contributed by atoms with Crippen LogP contribution in [0.2, 0.25) is 0 Å². The van der Waals surface area contributed by atoms with Crippen molar-refractivity contribution in [2.24, 2.45) is 0 Å². The molecule has 0 radical (unpaired) electrons. The van der Waals surface area contributed by atoms with E-state index in [9.17, 15) is 13.2 Å². The maximum Gasteiger partial charge on any atom is 0.321 e. The maximum absolute atomic E-state index is 13.1. The number of ether oxygens (including phenoxy) is 1. The summed E-state index contributed by atoms with van der Waals surface area (Å²) in [5, 5.41) is 0. The summed E-state index contributed by atoms with van der Waals surface area (Å²) >= 11 is 0. The first-order chi connectivity index (χ1) is 11.3. The van der Waals surface area contributed by atoms with Crippen LogP contribution in [0.4, 0.5) is 0 Å². The van der Waals surface area contributed by atoms with E-state index in [1.54, 1.807) is 53.7 Å². The molecule has 0 unspecified atom stereocenters. The molecule has 0 aliphatic rings. The summed E-state index contributed by atoms with van der Waals surface area (Å²) in [4.78, 5) is 12.4. The van der Waals surface area contributed by atoms with Crippen LogP contribution in [0.15, 0.2) is 29.2 Å². The Kier molecular flexibility index (Phi) is 6.81. The molecule has 0 aromatic heterocycles. The van der Waals surface area contributed by atoms with Crippen molar-refractivity contribution in [2.45, 2.75) is 77.3 Å². The van der Waals surface area contributed by atoms with Gasteiger partial charge in [-0.3, -0.25) is 4.79 Å². The molecule has 1 aromatic rings. The number of hydrogen-bond donors (Lipinski definition) is 0. The molecule has 5 nitrogen and oxygen atoms in total. The van der Waals surface area contributed by atoms with Gasteiger partial charge in [-0.2, -0.15) is 4.31 Å². The number of aryl methyl sites for hydroxylation is 1. The highest BCUT2D eigenvalue weighted by Crippen LogP contribution is 2.25. The Morgan fingerprint density at radius 1 is 1.04 bits per heavy atom. The van der Waals surface area contributed by atoms with Crippen LogP contribution < -0.4 is 0 Å². The topological polar surface area (TPSA) is 63.7 Å². The van der Waals surface area contributed by atoms with Gasteiger partial charge in [-0.05, 0) is 65.7 Å². The summed E-state index contributed by atoms with van der Waals surface area (Å²) in [5.41, 5.74) is -0.319. The van der Waals surface area contributed by atoms with E-state index in [1.807, 2.05) is 12.1 Å². The van der Waals surface area contributed by atoms with Gasteiger partial charge in [-0.1, -0.05) is 25.5 Å². The van der Waals surface area contributed by atoms with Crippen molar-refractivity contribution in [3.63, 3.8) is 0 Å². The Hall–Kier alpha value is -1.40. The predicted octanol–water partition coefficient (Wildman–Crippen LogP) is 3.77. The van der Waals surface area contributed by atoms with Crippen LogP contribution in [0.1, 0.15) is 60.5 Å². The summed E-state index contributed by atoms with van der Waals surface area (Å²) in [6.07, 6.45) is 1.90. The summed E-state index contributed by atoms with van der Waals surface area (Å²) in [6, 6.07) is 6.86. The Bertz CT molecular complexity index is 680. The average Bonchev–Trinajstić information content (AvgIpc) is 2.42. The van der Waals surface area contributed by atoms with Crippen LogP contribution in [-0.2, 0) is 26.0 Å². The van der Waals surface area contributed by atoms with E-state index in [4.69, 9.17) is 4.74 Å². The third-order valence-electron chi connectivity index (χ3n) is 3.49. The fraction of sp³-hybridized carbons (Fsp3) is 0.632. The van der Waals surface area contributed by atoms with Gasteiger partial charge in [0.25, 0.3) is 0 Å². The molecule has 0 aliphatic heterocycles. The first kappa shape index (κ1) is 21.6.